The lowest BCUT2D eigenvalue weighted by Crippen LogP contribution is -2.19. The smallest absolute Gasteiger partial charge is 0.406 e. The lowest BCUT2D eigenvalue weighted by Gasteiger charge is -2.23. The molecule has 14 heteroatoms. The van der Waals surface area contributed by atoms with Crippen LogP contribution in [0.4, 0.5) is 17.6 Å². The first-order chi connectivity index (χ1) is 12.2. The molecule has 27 heavy (non-hydrogen) atoms. The second kappa shape index (κ2) is 7.28. The normalized spacial score (nSPS) is 13.7. The number of hydrogen-bond acceptors (Lipinski definition) is 3. The summed E-state index contributed by atoms with van der Waals surface area (Å²) >= 11 is 15.0. The van der Waals surface area contributed by atoms with E-state index in [2.05, 4.69) is 20.7 Å². The van der Waals surface area contributed by atoms with Crippen molar-refractivity contribution in [2.75, 3.05) is 6.01 Å². The van der Waals surface area contributed by atoms with Crippen LogP contribution in [0.1, 0.15) is 5.56 Å². The third-order valence-corrected chi connectivity index (χ3v) is 7.42. The highest BCUT2D eigenvalue weighted by Gasteiger charge is 2.40. The van der Waals surface area contributed by atoms with Crippen LogP contribution in [-0.4, -0.2) is 21.1 Å². The molecule has 0 unspecified atom stereocenters. The molecule has 2 rings (SSSR count). The summed E-state index contributed by atoms with van der Waals surface area (Å²) in [6.07, 6.45) is -4.02. The Morgan fingerprint density at radius 1 is 1.26 bits per heavy atom. The van der Waals surface area contributed by atoms with Gasteiger partial charge in [0, 0.05) is 18.3 Å². The minimum Gasteiger partial charge on any atom is -0.406 e. The van der Waals surface area contributed by atoms with Gasteiger partial charge < -0.3 is 9.30 Å². The van der Waals surface area contributed by atoms with Crippen LogP contribution in [0.25, 0.3) is 5.69 Å². The summed E-state index contributed by atoms with van der Waals surface area (Å²) in [7, 11) is 6.31. The Bertz CT molecular complexity index is 1010. The number of rotatable bonds is 4. The zero-order chi connectivity index (χ0) is 20.8. The molecule has 4 nitrogen and oxygen atoms in total. The molecule has 1 aromatic heterocycles. The van der Waals surface area contributed by atoms with Gasteiger partial charge in [-0.25, -0.2) is 8.60 Å². The monoisotopic (exact) mass is 548 g/mol. The second-order valence-electron chi connectivity index (χ2n) is 4.94. The Morgan fingerprint density at radius 3 is 2.19 bits per heavy atom. The van der Waals surface area contributed by atoms with E-state index < -0.39 is 30.5 Å². The van der Waals surface area contributed by atoms with Crippen LogP contribution in [-0.2, 0) is 7.49 Å². The van der Waals surface area contributed by atoms with Crippen molar-refractivity contribution in [1.29, 1.82) is 5.26 Å². The maximum Gasteiger partial charge on any atom is 0.573 e. The standard InChI is InChI=1S/C13H5BrCl4F4N2O2S/c14-12-7(3-23)10(27(17,18,25)5-19)4-24(12)11-8(15)1-6(2-9(11)16)26-13(20,21)22/h1-2,4H,5H2. The maximum absolute atomic E-state index is 13.2. The molecular formula is C13H5BrCl4F4N2O2S. The van der Waals surface area contributed by atoms with Crippen molar-refractivity contribution in [1.82, 2.24) is 4.57 Å². The summed E-state index contributed by atoms with van der Waals surface area (Å²) in [5, 5.41) is 8.64. The number of hydrogen-bond donors (Lipinski definition) is 0. The van der Waals surface area contributed by atoms with Gasteiger partial charge in [-0.05, 0) is 37.3 Å². The summed E-state index contributed by atoms with van der Waals surface area (Å²) in [5.74, 6) is -0.689. The van der Waals surface area contributed by atoms with E-state index in [0.29, 0.717) is 0 Å². The highest BCUT2D eigenvalue weighted by molar-refractivity contribution is 9.10. The van der Waals surface area contributed by atoms with Gasteiger partial charge >= 0.3 is 6.36 Å². The van der Waals surface area contributed by atoms with E-state index in [1.807, 2.05) is 0 Å². The number of ether oxygens (including phenoxy) is 1. The molecule has 0 fully saturated rings. The number of aromatic nitrogens is 1. The van der Waals surface area contributed by atoms with E-state index in [-0.39, 0.29) is 25.9 Å². The number of benzene rings is 1. The first-order valence-electron chi connectivity index (χ1n) is 6.40. The second-order valence-corrected chi connectivity index (χ2v) is 13.4. The first kappa shape index (κ1) is 22.6. The van der Waals surface area contributed by atoms with Gasteiger partial charge in [0.15, 0.2) is 6.01 Å². The van der Waals surface area contributed by atoms with Crippen molar-refractivity contribution >= 4 is 68.0 Å². The van der Waals surface area contributed by atoms with Gasteiger partial charge in [0.25, 0.3) is 0 Å². The van der Waals surface area contributed by atoms with Crippen molar-refractivity contribution in [2.24, 2.45) is 0 Å². The van der Waals surface area contributed by atoms with Crippen molar-refractivity contribution < 1.29 is 26.5 Å². The van der Waals surface area contributed by atoms with Crippen molar-refractivity contribution in [2.45, 2.75) is 11.3 Å². The predicted molar refractivity (Wildman–Crippen MR) is 99.0 cm³/mol. The maximum atomic E-state index is 13.2. The van der Waals surface area contributed by atoms with E-state index in [4.69, 9.17) is 44.6 Å². The van der Waals surface area contributed by atoms with Crippen LogP contribution in [0.15, 0.2) is 27.8 Å². The fraction of sp³-hybridized carbons (Fsp3) is 0.154. The van der Waals surface area contributed by atoms with Crippen molar-refractivity contribution in [3.8, 4) is 17.5 Å². The fourth-order valence-electron chi connectivity index (χ4n) is 2.04. The molecule has 0 radical (unpaired) electrons. The minimum atomic E-state index is -5.05. The van der Waals surface area contributed by atoms with E-state index in [1.165, 1.54) is 0 Å². The van der Waals surface area contributed by atoms with E-state index in [1.54, 1.807) is 6.07 Å². The van der Waals surface area contributed by atoms with Gasteiger partial charge in [-0.3, -0.25) is 0 Å². The van der Waals surface area contributed by atoms with E-state index >= 15 is 0 Å². The number of nitriles is 1. The van der Waals surface area contributed by atoms with E-state index in [9.17, 15) is 27.0 Å². The number of halogens is 9. The Balaban J connectivity index is 2.73. The summed E-state index contributed by atoms with van der Waals surface area (Å²) in [5.41, 5.74) is -0.477. The largest absolute Gasteiger partial charge is 0.573 e. The van der Waals surface area contributed by atoms with Crippen LogP contribution in [0.3, 0.4) is 0 Å². The van der Waals surface area contributed by atoms with Gasteiger partial charge in [-0.1, -0.05) is 23.2 Å². The van der Waals surface area contributed by atoms with Crippen LogP contribution in [0.5, 0.6) is 5.75 Å². The summed E-state index contributed by atoms with van der Waals surface area (Å²) in [6.45, 7) is 0. The Labute approximate surface area is 177 Å². The molecule has 1 aromatic carbocycles. The van der Waals surface area contributed by atoms with Gasteiger partial charge in [0.1, 0.15) is 22.0 Å². The zero-order valence-corrected chi connectivity index (χ0v) is 17.9. The minimum absolute atomic E-state index is 0.0955. The average molecular weight is 551 g/mol. The highest BCUT2D eigenvalue weighted by atomic mass is 79.9. The average Bonchev–Trinajstić information content (AvgIpc) is 2.83. The van der Waals surface area contributed by atoms with Crippen LogP contribution < -0.4 is 4.74 Å². The summed E-state index contributed by atoms with van der Waals surface area (Å²) in [6, 6.07) is 1.63. The lowest BCUT2D eigenvalue weighted by atomic mass is 10.3. The van der Waals surface area contributed by atoms with Crippen LogP contribution in [0.2, 0.25) is 10.0 Å². The van der Waals surface area contributed by atoms with Gasteiger partial charge in [0.2, 0.25) is 0 Å². The molecular weight excluding hydrogens is 546 g/mol. The Morgan fingerprint density at radius 2 is 1.78 bits per heavy atom. The molecule has 0 aliphatic rings. The SMILES string of the molecule is N#Cc1c(S(=O)(Cl)(Cl)CF)cn(-c2c(Cl)cc(OC(F)(F)F)cc2Cl)c1Br. The van der Waals surface area contributed by atoms with Gasteiger partial charge in [-0.15, -0.1) is 13.2 Å². The summed E-state index contributed by atoms with van der Waals surface area (Å²) < 4.78 is 67.5. The molecule has 0 N–H and O–H groups in total. The first-order valence-corrected chi connectivity index (χ1v) is 11.7. The van der Waals surface area contributed by atoms with Crippen LogP contribution in [0, 0.1) is 11.3 Å². The fourth-order valence-corrected chi connectivity index (χ4v) is 5.05. The van der Waals surface area contributed by atoms with Crippen molar-refractivity contribution in [3.63, 3.8) is 0 Å². The Kier molecular flexibility index (Phi) is 6.09. The van der Waals surface area contributed by atoms with Gasteiger partial charge in [-0.2, -0.15) is 5.26 Å². The van der Waals surface area contributed by atoms with Gasteiger partial charge in [0.05, 0.1) is 28.1 Å². The summed E-state index contributed by atoms with van der Waals surface area (Å²) in [4.78, 5) is -0.532. The molecule has 0 saturated heterocycles. The van der Waals surface area contributed by atoms with E-state index in [0.717, 1.165) is 22.9 Å². The molecule has 0 aliphatic heterocycles. The third kappa shape index (κ3) is 4.66. The predicted octanol–water partition coefficient (Wildman–Crippen LogP) is 6.73. The molecule has 1 heterocycles. The molecule has 0 saturated carbocycles. The molecule has 0 spiro atoms. The zero-order valence-electron chi connectivity index (χ0n) is 12.5. The lowest BCUT2D eigenvalue weighted by molar-refractivity contribution is -0.274. The topological polar surface area (TPSA) is 55.0 Å². The molecule has 0 amide bonds. The van der Waals surface area contributed by atoms with Crippen molar-refractivity contribution in [3.05, 3.63) is 38.5 Å². The highest BCUT2D eigenvalue weighted by Crippen LogP contribution is 2.50. The molecule has 0 bridgehead atoms. The Hall–Kier alpha value is -0.700. The molecule has 2 aromatic rings. The number of alkyl halides is 4. The number of nitrogens with zero attached hydrogens (tertiary/aromatic N) is 2. The molecule has 148 valence electrons. The third-order valence-electron chi connectivity index (χ3n) is 3.08. The quantitative estimate of drug-likeness (QED) is 0.313. The molecule has 0 atom stereocenters. The molecule has 0 aliphatic carbocycles. The van der Waals surface area contributed by atoms with Crippen LogP contribution >= 0.6 is 60.5 Å².